The molecule has 4 heteroatoms. The Balaban J connectivity index is 1.83. The lowest BCUT2D eigenvalue weighted by Gasteiger charge is -2.30. The summed E-state index contributed by atoms with van der Waals surface area (Å²) in [5.41, 5.74) is 0. The first-order chi connectivity index (χ1) is 6.36. The number of carbonyl (C=O) groups is 1. The summed E-state index contributed by atoms with van der Waals surface area (Å²) in [5.74, 6) is 0.157. The van der Waals surface area contributed by atoms with Crippen molar-refractivity contribution < 1.29 is 9.53 Å². The molecular weight excluding hydrogens is 168 g/mol. The second kappa shape index (κ2) is 4.07. The summed E-state index contributed by atoms with van der Waals surface area (Å²) in [6.45, 7) is 2.34. The van der Waals surface area contributed by atoms with Crippen LogP contribution in [-0.2, 0) is 9.53 Å². The Morgan fingerprint density at radius 3 is 2.92 bits per heavy atom. The monoisotopic (exact) mass is 184 g/mol. The van der Waals surface area contributed by atoms with Crippen molar-refractivity contribution >= 4 is 5.91 Å². The number of hydrogen-bond acceptors (Lipinski definition) is 3. The molecule has 2 aliphatic rings. The van der Waals surface area contributed by atoms with Gasteiger partial charge in [-0.1, -0.05) is 0 Å². The van der Waals surface area contributed by atoms with E-state index in [1.165, 1.54) is 0 Å². The van der Waals surface area contributed by atoms with Crippen molar-refractivity contribution in [1.29, 1.82) is 0 Å². The third-order valence-electron chi connectivity index (χ3n) is 2.61. The molecule has 1 atom stereocenters. The van der Waals surface area contributed by atoms with Crippen LogP contribution in [0.2, 0.25) is 0 Å². The molecule has 0 aromatic carbocycles. The van der Waals surface area contributed by atoms with Gasteiger partial charge >= 0.3 is 0 Å². The summed E-state index contributed by atoms with van der Waals surface area (Å²) < 4.78 is 5.05. The molecule has 1 amide bonds. The van der Waals surface area contributed by atoms with Crippen LogP contribution >= 0.6 is 0 Å². The molecule has 0 aromatic heterocycles. The topological polar surface area (TPSA) is 50.4 Å². The van der Waals surface area contributed by atoms with Crippen molar-refractivity contribution in [2.75, 3.05) is 19.8 Å². The molecule has 0 aliphatic carbocycles. The third kappa shape index (κ3) is 2.19. The lowest BCUT2D eigenvalue weighted by molar-refractivity contribution is -0.124. The van der Waals surface area contributed by atoms with E-state index in [0.29, 0.717) is 6.04 Å². The van der Waals surface area contributed by atoms with Crippen LogP contribution in [0.5, 0.6) is 0 Å². The van der Waals surface area contributed by atoms with Crippen LogP contribution in [-0.4, -0.2) is 37.7 Å². The van der Waals surface area contributed by atoms with Gasteiger partial charge in [-0.25, -0.2) is 0 Å². The Hall–Kier alpha value is -0.610. The van der Waals surface area contributed by atoms with E-state index in [2.05, 4.69) is 10.6 Å². The van der Waals surface area contributed by atoms with E-state index in [-0.39, 0.29) is 11.9 Å². The molecule has 4 nitrogen and oxygen atoms in total. The van der Waals surface area contributed by atoms with Crippen molar-refractivity contribution in [1.82, 2.24) is 10.6 Å². The number of hydrogen-bond donors (Lipinski definition) is 2. The van der Waals surface area contributed by atoms with E-state index in [9.17, 15) is 4.79 Å². The van der Waals surface area contributed by atoms with Crippen LogP contribution < -0.4 is 10.6 Å². The zero-order valence-corrected chi connectivity index (χ0v) is 7.71. The fourth-order valence-corrected chi connectivity index (χ4v) is 1.71. The number of nitrogens with one attached hydrogen (secondary N) is 2. The van der Waals surface area contributed by atoms with E-state index >= 15 is 0 Å². The van der Waals surface area contributed by atoms with Crippen molar-refractivity contribution in [2.45, 2.75) is 31.3 Å². The molecule has 0 bridgehead atoms. The predicted octanol–water partition coefficient (Wildman–Crippen LogP) is -0.356. The van der Waals surface area contributed by atoms with Gasteiger partial charge in [0.25, 0.3) is 0 Å². The molecule has 2 aliphatic heterocycles. The summed E-state index contributed by atoms with van der Waals surface area (Å²) in [4.78, 5) is 11.5. The van der Waals surface area contributed by atoms with Gasteiger partial charge in [0.15, 0.2) is 0 Å². The molecule has 0 spiro atoms. The highest BCUT2D eigenvalue weighted by atomic mass is 16.5. The van der Waals surface area contributed by atoms with Gasteiger partial charge in [0.2, 0.25) is 5.91 Å². The lowest BCUT2D eigenvalue weighted by atomic mass is 10.1. The first-order valence-electron chi connectivity index (χ1n) is 4.98. The van der Waals surface area contributed by atoms with Crippen LogP contribution in [0.4, 0.5) is 0 Å². The molecule has 0 aromatic rings. The average molecular weight is 184 g/mol. The third-order valence-corrected chi connectivity index (χ3v) is 2.61. The quantitative estimate of drug-likeness (QED) is 0.616. The molecule has 2 N–H and O–H groups in total. The Kier molecular flexibility index (Phi) is 2.80. The van der Waals surface area contributed by atoms with E-state index in [1.54, 1.807) is 0 Å². The second-order valence-electron chi connectivity index (χ2n) is 3.74. The number of rotatable bonds is 2. The highest BCUT2D eigenvalue weighted by molar-refractivity contribution is 5.81. The summed E-state index contributed by atoms with van der Waals surface area (Å²) in [6, 6.07) is 0.408. The maximum absolute atomic E-state index is 11.5. The maximum Gasteiger partial charge on any atom is 0.237 e. The van der Waals surface area contributed by atoms with Crippen molar-refractivity contribution in [3.05, 3.63) is 0 Å². The maximum atomic E-state index is 11.5. The minimum Gasteiger partial charge on any atom is -0.378 e. The fraction of sp³-hybridized carbons (Fsp3) is 0.889. The fourth-order valence-electron chi connectivity index (χ4n) is 1.71. The standard InChI is InChI=1S/C9H16N2O2/c12-9-8(3-1-2-4-10-9)11-7-5-13-6-7/h7-8,11H,1-6H2,(H,10,12). The minimum absolute atomic E-state index is 0.0106. The van der Waals surface area contributed by atoms with Crippen molar-refractivity contribution in [3.8, 4) is 0 Å². The van der Waals surface area contributed by atoms with Gasteiger partial charge < -0.3 is 10.1 Å². The summed E-state index contributed by atoms with van der Waals surface area (Å²) in [6.07, 6.45) is 3.19. The predicted molar refractivity (Wildman–Crippen MR) is 48.4 cm³/mol. The van der Waals surface area contributed by atoms with Gasteiger partial charge in [-0.15, -0.1) is 0 Å². The van der Waals surface area contributed by atoms with Gasteiger partial charge in [0.05, 0.1) is 25.3 Å². The van der Waals surface area contributed by atoms with Gasteiger partial charge in [-0.05, 0) is 19.3 Å². The van der Waals surface area contributed by atoms with Crippen molar-refractivity contribution in [2.24, 2.45) is 0 Å². The summed E-state index contributed by atoms with van der Waals surface area (Å²) in [7, 11) is 0. The van der Waals surface area contributed by atoms with Crippen LogP contribution in [0.3, 0.4) is 0 Å². The first-order valence-corrected chi connectivity index (χ1v) is 4.98. The number of ether oxygens (including phenoxy) is 1. The van der Waals surface area contributed by atoms with Crippen molar-refractivity contribution in [3.63, 3.8) is 0 Å². The molecule has 2 fully saturated rings. The average Bonchev–Trinajstić information content (AvgIpc) is 2.23. The molecule has 0 saturated carbocycles. The van der Waals surface area contributed by atoms with Crippen LogP contribution in [0.1, 0.15) is 19.3 Å². The SMILES string of the molecule is O=C1NCCCCC1NC1COC1. The van der Waals surface area contributed by atoms with E-state index < -0.39 is 0 Å². The minimum atomic E-state index is 0.0106. The normalized spacial score (nSPS) is 30.5. The molecular formula is C9H16N2O2. The summed E-state index contributed by atoms with van der Waals surface area (Å²) in [5, 5.41) is 6.21. The zero-order valence-electron chi connectivity index (χ0n) is 7.71. The Morgan fingerprint density at radius 1 is 1.38 bits per heavy atom. The second-order valence-corrected chi connectivity index (χ2v) is 3.74. The molecule has 74 valence electrons. The first kappa shape index (κ1) is 8.97. The highest BCUT2D eigenvalue weighted by Crippen LogP contribution is 2.08. The Bertz CT molecular complexity index is 192. The van der Waals surface area contributed by atoms with Gasteiger partial charge in [0, 0.05) is 6.54 Å². The molecule has 1 unspecified atom stereocenters. The van der Waals surface area contributed by atoms with E-state index in [0.717, 1.165) is 39.0 Å². The number of amides is 1. The molecule has 2 rings (SSSR count). The molecule has 0 radical (unpaired) electrons. The highest BCUT2D eigenvalue weighted by Gasteiger charge is 2.26. The van der Waals surface area contributed by atoms with E-state index in [1.807, 2.05) is 0 Å². The van der Waals surface area contributed by atoms with Gasteiger partial charge in [-0.3, -0.25) is 10.1 Å². The number of carbonyl (C=O) groups excluding carboxylic acids is 1. The Morgan fingerprint density at radius 2 is 2.23 bits per heavy atom. The molecule has 13 heavy (non-hydrogen) atoms. The van der Waals surface area contributed by atoms with Crippen LogP contribution in [0.15, 0.2) is 0 Å². The smallest absolute Gasteiger partial charge is 0.237 e. The molecule has 2 saturated heterocycles. The zero-order chi connectivity index (χ0) is 9.10. The largest absolute Gasteiger partial charge is 0.378 e. The Labute approximate surface area is 78.0 Å². The lowest BCUT2D eigenvalue weighted by Crippen LogP contribution is -2.54. The van der Waals surface area contributed by atoms with Gasteiger partial charge in [-0.2, -0.15) is 0 Å². The van der Waals surface area contributed by atoms with E-state index in [4.69, 9.17) is 4.74 Å². The van der Waals surface area contributed by atoms with Gasteiger partial charge in [0.1, 0.15) is 0 Å². The van der Waals surface area contributed by atoms with Crippen LogP contribution in [0, 0.1) is 0 Å². The van der Waals surface area contributed by atoms with Crippen LogP contribution in [0.25, 0.3) is 0 Å². The molecule has 2 heterocycles. The summed E-state index contributed by atoms with van der Waals surface area (Å²) >= 11 is 0.